The lowest BCUT2D eigenvalue weighted by molar-refractivity contribution is -0.133. The molecule has 0 heterocycles. The number of rotatable bonds is 6. The standard InChI is InChI=1S/C18H19F3N2O/c19-18(20,21)11-10-14-8-4-5-9-16(14)23-17(24)12-15(22)13-6-2-1-3-7-13/h1-9,15H,10-12,22H2,(H,23,24). The van der Waals surface area contributed by atoms with Crippen LogP contribution < -0.4 is 11.1 Å². The summed E-state index contributed by atoms with van der Waals surface area (Å²) in [6.45, 7) is 0. The Morgan fingerprint density at radius 3 is 2.33 bits per heavy atom. The van der Waals surface area contributed by atoms with E-state index in [0.29, 0.717) is 11.3 Å². The lowest BCUT2D eigenvalue weighted by atomic mass is 10.0. The lowest BCUT2D eigenvalue weighted by Crippen LogP contribution is -2.21. The molecule has 0 saturated carbocycles. The molecule has 0 saturated heterocycles. The molecule has 0 aliphatic carbocycles. The van der Waals surface area contributed by atoms with Crippen LogP contribution in [0, 0.1) is 0 Å². The van der Waals surface area contributed by atoms with Crippen molar-refractivity contribution in [2.24, 2.45) is 5.73 Å². The monoisotopic (exact) mass is 336 g/mol. The summed E-state index contributed by atoms with van der Waals surface area (Å²) in [6.07, 6.45) is -5.28. The Bertz CT molecular complexity index is 671. The summed E-state index contributed by atoms with van der Waals surface area (Å²) in [5.41, 5.74) is 7.68. The molecule has 0 spiro atoms. The van der Waals surface area contributed by atoms with Crippen LogP contribution in [0.25, 0.3) is 0 Å². The zero-order valence-electron chi connectivity index (χ0n) is 13.0. The number of carbonyl (C=O) groups is 1. The first-order valence-corrected chi connectivity index (χ1v) is 7.60. The molecule has 3 N–H and O–H groups in total. The van der Waals surface area contributed by atoms with Crippen LogP contribution >= 0.6 is 0 Å². The molecule has 128 valence electrons. The zero-order valence-corrected chi connectivity index (χ0v) is 13.0. The third-order valence-electron chi connectivity index (χ3n) is 3.60. The second kappa shape index (κ2) is 7.97. The Kier molecular flexibility index (Phi) is 5.98. The highest BCUT2D eigenvalue weighted by Gasteiger charge is 2.27. The predicted molar refractivity (Wildman–Crippen MR) is 87.4 cm³/mol. The van der Waals surface area contributed by atoms with Crippen molar-refractivity contribution in [2.45, 2.75) is 31.5 Å². The van der Waals surface area contributed by atoms with Crippen molar-refractivity contribution in [3.63, 3.8) is 0 Å². The third-order valence-corrected chi connectivity index (χ3v) is 3.60. The van der Waals surface area contributed by atoms with E-state index in [-0.39, 0.29) is 18.7 Å². The molecule has 1 atom stereocenters. The molecule has 0 bridgehead atoms. The van der Waals surface area contributed by atoms with E-state index in [1.54, 1.807) is 24.3 Å². The average Bonchev–Trinajstić information content (AvgIpc) is 2.54. The summed E-state index contributed by atoms with van der Waals surface area (Å²) in [4.78, 5) is 12.1. The summed E-state index contributed by atoms with van der Waals surface area (Å²) in [5.74, 6) is -0.328. The minimum Gasteiger partial charge on any atom is -0.326 e. The molecule has 0 radical (unpaired) electrons. The number of hydrogen-bond donors (Lipinski definition) is 2. The van der Waals surface area contributed by atoms with Gasteiger partial charge in [-0.25, -0.2) is 0 Å². The number of benzene rings is 2. The number of nitrogens with two attached hydrogens (primary N) is 1. The van der Waals surface area contributed by atoms with E-state index in [2.05, 4.69) is 5.32 Å². The van der Waals surface area contributed by atoms with Crippen molar-refractivity contribution < 1.29 is 18.0 Å². The molecule has 1 unspecified atom stereocenters. The molecule has 0 aliphatic rings. The van der Waals surface area contributed by atoms with Gasteiger partial charge >= 0.3 is 6.18 Å². The third kappa shape index (κ3) is 5.70. The van der Waals surface area contributed by atoms with Crippen molar-refractivity contribution in [1.29, 1.82) is 0 Å². The number of para-hydroxylation sites is 1. The highest BCUT2D eigenvalue weighted by molar-refractivity contribution is 5.92. The maximum absolute atomic E-state index is 12.4. The van der Waals surface area contributed by atoms with Gasteiger partial charge in [-0.1, -0.05) is 48.5 Å². The SMILES string of the molecule is NC(CC(=O)Nc1ccccc1CCC(F)(F)F)c1ccccc1. The Hall–Kier alpha value is -2.34. The van der Waals surface area contributed by atoms with E-state index >= 15 is 0 Å². The second-order valence-electron chi connectivity index (χ2n) is 5.54. The van der Waals surface area contributed by atoms with Gasteiger partial charge in [0.05, 0.1) is 0 Å². The van der Waals surface area contributed by atoms with Gasteiger partial charge in [-0.2, -0.15) is 13.2 Å². The molecule has 2 aromatic carbocycles. The summed E-state index contributed by atoms with van der Waals surface area (Å²) >= 11 is 0. The fraction of sp³-hybridized carbons (Fsp3) is 0.278. The van der Waals surface area contributed by atoms with Crippen LogP contribution in [0.2, 0.25) is 0 Å². The maximum atomic E-state index is 12.4. The fourth-order valence-corrected chi connectivity index (χ4v) is 2.36. The number of anilines is 1. The van der Waals surface area contributed by atoms with Gasteiger partial charge in [0.25, 0.3) is 0 Å². The Morgan fingerprint density at radius 1 is 1.04 bits per heavy atom. The number of amides is 1. The van der Waals surface area contributed by atoms with E-state index < -0.39 is 18.6 Å². The quantitative estimate of drug-likeness (QED) is 0.830. The second-order valence-corrected chi connectivity index (χ2v) is 5.54. The number of carbonyl (C=O) groups excluding carboxylic acids is 1. The number of alkyl halides is 3. The van der Waals surface area contributed by atoms with Gasteiger partial charge in [-0.3, -0.25) is 4.79 Å². The molecular weight excluding hydrogens is 317 g/mol. The Balaban J connectivity index is 1.99. The molecule has 0 aliphatic heterocycles. The molecule has 3 nitrogen and oxygen atoms in total. The van der Waals surface area contributed by atoms with Gasteiger partial charge in [0.2, 0.25) is 5.91 Å². The van der Waals surface area contributed by atoms with E-state index in [4.69, 9.17) is 5.73 Å². The van der Waals surface area contributed by atoms with Crippen molar-refractivity contribution >= 4 is 11.6 Å². The number of nitrogens with one attached hydrogen (secondary N) is 1. The van der Waals surface area contributed by atoms with E-state index in [1.165, 1.54) is 0 Å². The van der Waals surface area contributed by atoms with Crippen molar-refractivity contribution in [1.82, 2.24) is 0 Å². The zero-order chi connectivity index (χ0) is 17.6. The molecule has 2 aromatic rings. The fourth-order valence-electron chi connectivity index (χ4n) is 2.36. The molecular formula is C18H19F3N2O. The Morgan fingerprint density at radius 2 is 1.67 bits per heavy atom. The van der Waals surface area contributed by atoms with Crippen LogP contribution in [0.15, 0.2) is 54.6 Å². The first-order chi connectivity index (χ1) is 11.3. The van der Waals surface area contributed by atoms with Gasteiger partial charge in [-0.05, 0) is 23.6 Å². The highest BCUT2D eigenvalue weighted by Crippen LogP contribution is 2.25. The minimum absolute atomic E-state index is 0.0532. The van der Waals surface area contributed by atoms with Crippen LogP contribution in [-0.2, 0) is 11.2 Å². The molecule has 1 amide bonds. The normalized spacial score (nSPS) is 12.7. The molecule has 2 rings (SSSR count). The van der Waals surface area contributed by atoms with Crippen molar-refractivity contribution in [3.8, 4) is 0 Å². The van der Waals surface area contributed by atoms with Gasteiger partial charge in [0, 0.05) is 24.6 Å². The number of halogens is 3. The number of hydrogen-bond acceptors (Lipinski definition) is 2. The summed E-state index contributed by atoms with van der Waals surface area (Å²) in [7, 11) is 0. The van der Waals surface area contributed by atoms with E-state index in [1.807, 2.05) is 30.3 Å². The molecule has 24 heavy (non-hydrogen) atoms. The largest absolute Gasteiger partial charge is 0.389 e. The van der Waals surface area contributed by atoms with Crippen LogP contribution in [0.4, 0.5) is 18.9 Å². The van der Waals surface area contributed by atoms with Gasteiger partial charge < -0.3 is 11.1 Å². The van der Waals surface area contributed by atoms with E-state index in [0.717, 1.165) is 5.56 Å². The Labute approximate surface area is 138 Å². The highest BCUT2D eigenvalue weighted by atomic mass is 19.4. The van der Waals surface area contributed by atoms with Crippen LogP contribution in [-0.4, -0.2) is 12.1 Å². The molecule has 6 heteroatoms. The van der Waals surface area contributed by atoms with Crippen LogP contribution in [0.5, 0.6) is 0 Å². The minimum atomic E-state index is -4.23. The van der Waals surface area contributed by atoms with Crippen molar-refractivity contribution in [2.75, 3.05) is 5.32 Å². The van der Waals surface area contributed by atoms with Gasteiger partial charge in [-0.15, -0.1) is 0 Å². The first kappa shape index (κ1) is 18.0. The predicted octanol–water partition coefficient (Wildman–Crippen LogP) is 4.21. The van der Waals surface area contributed by atoms with Crippen LogP contribution in [0.3, 0.4) is 0 Å². The van der Waals surface area contributed by atoms with E-state index in [9.17, 15) is 18.0 Å². The summed E-state index contributed by atoms with van der Waals surface area (Å²) < 4.78 is 37.2. The van der Waals surface area contributed by atoms with Gasteiger partial charge in [0.15, 0.2) is 0 Å². The maximum Gasteiger partial charge on any atom is 0.389 e. The average molecular weight is 336 g/mol. The van der Waals surface area contributed by atoms with Gasteiger partial charge in [0.1, 0.15) is 0 Å². The summed E-state index contributed by atoms with van der Waals surface area (Å²) in [6, 6.07) is 15.2. The smallest absolute Gasteiger partial charge is 0.326 e. The number of aryl methyl sites for hydroxylation is 1. The lowest BCUT2D eigenvalue weighted by Gasteiger charge is -2.15. The summed E-state index contributed by atoms with van der Waals surface area (Å²) in [5, 5.41) is 2.66. The topological polar surface area (TPSA) is 55.1 Å². The van der Waals surface area contributed by atoms with Crippen LogP contribution in [0.1, 0.15) is 30.0 Å². The van der Waals surface area contributed by atoms with Crippen molar-refractivity contribution in [3.05, 3.63) is 65.7 Å². The molecule has 0 aromatic heterocycles. The first-order valence-electron chi connectivity index (χ1n) is 7.60. The molecule has 0 fully saturated rings.